The third-order valence-corrected chi connectivity index (χ3v) is 6.40. The van der Waals surface area contributed by atoms with Crippen molar-refractivity contribution in [1.29, 1.82) is 0 Å². The molecule has 0 saturated heterocycles. The number of pyridine rings is 1. The number of fused-ring (bicyclic) bond motifs is 2. The molecule has 0 radical (unpaired) electrons. The van der Waals surface area contributed by atoms with Crippen LogP contribution in [0, 0.1) is 0 Å². The molecule has 2 aromatic heterocycles. The smallest absolute Gasteiger partial charge is 0.269 e. The van der Waals surface area contributed by atoms with Gasteiger partial charge in [0.25, 0.3) is 5.91 Å². The SMILES string of the molecule is COc1ccc2nc(C(=O)NCC(c3cccc(OC)c3OC)c3c[nH]c4ccccc34)ccc2c1. The van der Waals surface area contributed by atoms with E-state index in [1.807, 2.05) is 66.9 Å². The van der Waals surface area contributed by atoms with Gasteiger partial charge < -0.3 is 24.5 Å². The summed E-state index contributed by atoms with van der Waals surface area (Å²) in [7, 11) is 4.86. The molecule has 7 heteroatoms. The lowest BCUT2D eigenvalue weighted by molar-refractivity contribution is 0.0947. The van der Waals surface area contributed by atoms with Crippen LogP contribution in [0.2, 0.25) is 0 Å². The largest absolute Gasteiger partial charge is 0.497 e. The summed E-state index contributed by atoms with van der Waals surface area (Å²) in [5, 5.41) is 5.08. The van der Waals surface area contributed by atoms with Crippen molar-refractivity contribution in [2.45, 2.75) is 5.92 Å². The Morgan fingerprint density at radius 1 is 0.917 bits per heavy atom. The minimum Gasteiger partial charge on any atom is -0.497 e. The molecule has 0 saturated carbocycles. The number of carbonyl (C=O) groups is 1. The van der Waals surface area contributed by atoms with Gasteiger partial charge in [-0.25, -0.2) is 4.98 Å². The molecule has 7 nitrogen and oxygen atoms in total. The van der Waals surface area contributed by atoms with Gasteiger partial charge in [0.1, 0.15) is 11.4 Å². The van der Waals surface area contributed by atoms with Crippen LogP contribution < -0.4 is 19.5 Å². The van der Waals surface area contributed by atoms with Crippen molar-refractivity contribution in [3.8, 4) is 17.2 Å². The van der Waals surface area contributed by atoms with Gasteiger partial charge >= 0.3 is 0 Å². The zero-order valence-corrected chi connectivity index (χ0v) is 20.4. The van der Waals surface area contributed by atoms with Gasteiger partial charge in [-0.15, -0.1) is 0 Å². The number of benzene rings is 3. The summed E-state index contributed by atoms with van der Waals surface area (Å²) in [6, 6.07) is 23.1. The predicted octanol–water partition coefficient (Wildman–Crippen LogP) is 5.30. The molecular formula is C29H27N3O4. The van der Waals surface area contributed by atoms with Crippen LogP contribution in [0.4, 0.5) is 0 Å². The molecule has 3 aromatic carbocycles. The standard InChI is InChI=1S/C29H27N3O4/c1-34-19-12-14-24-18(15-19)11-13-26(32-24)29(33)31-17-23(21-8-6-10-27(35-2)28(21)36-3)22-16-30-25-9-5-4-7-20(22)25/h4-16,23,30H,17H2,1-3H3,(H,31,33). The lowest BCUT2D eigenvalue weighted by atomic mass is 9.89. The molecule has 2 heterocycles. The van der Waals surface area contributed by atoms with Crippen molar-refractivity contribution in [3.63, 3.8) is 0 Å². The highest BCUT2D eigenvalue weighted by Gasteiger charge is 2.24. The van der Waals surface area contributed by atoms with Crippen LogP contribution >= 0.6 is 0 Å². The van der Waals surface area contributed by atoms with Gasteiger partial charge in [0.2, 0.25) is 0 Å². The second kappa shape index (κ2) is 10.00. The van der Waals surface area contributed by atoms with Crippen LogP contribution in [0.1, 0.15) is 27.5 Å². The van der Waals surface area contributed by atoms with E-state index in [0.717, 1.165) is 38.7 Å². The number of amides is 1. The summed E-state index contributed by atoms with van der Waals surface area (Å²) in [5.41, 5.74) is 4.07. The number of aromatic nitrogens is 2. The first kappa shape index (κ1) is 23.2. The average Bonchev–Trinajstić information content (AvgIpc) is 3.36. The second-order valence-corrected chi connectivity index (χ2v) is 8.39. The number of rotatable bonds is 8. The number of hydrogen-bond donors (Lipinski definition) is 2. The second-order valence-electron chi connectivity index (χ2n) is 8.39. The predicted molar refractivity (Wildman–Crippen MR) is 140 cm³/mol. The van der Waals surface area contributed by atoms with Gasteiger partial charge in [-0.1, -0.05) is 36.4 Å². The average molecular weight is 482 g/mol. The van der Waals surface area contributed by atoms with Gasteiger partial charge in [0.05, 0.1) is 26.8 Å². The lowest BCUT2D eigenvalue weighted by Gasteiger charge is -2.22. The molecule has 1 unspecified atom stereocenters. The first-order valence-electron chi connectivity index (χ1n) is 11.6. The van der Waals surface area contributed by atoms with Crippen molar-refractivity contribution in [3.05, 3.63) is 95.8 Å². The number of carbonyl (C=O) groups excluding carboxylic acids is 1. The maximum absolute atomic E-state index is 13.2. The monoisotopic (exact) mass is 481 g/mol. The highest BCUT2D eigenvalue weighted by molar-refractivity contribution is 5.95. The van der Waals surface area contributed by atoms with Gasteiger partial charge in [-0.2, -0.15) is 0 Å². The highest BCUT2D eigenvalue weighted by Crippen LogP contribution is 2.40. The number of nitrogens with zero attached hydrogens (tertiary/aromatic N) is 1. The van der Waals surface area contributed by atoms with E-state index >= 15 is 0 Å². The van der Waals surface area contributed by atoms with Gasteiger partial charge in [0.15, 0.2) is 11.5 Å². The molecular weight excluding hydrogens is 454 g/mol. The fourth-order valence-corrected chi connectivity index (χ4v) is 4.60. The number of aromatic amines is 1. The van der Waals surface area contributed by atoms with Crippen molar-refractivity contribution >= 4 is 27.7 Å². The van der Waals surface area contributed by atoms with E-state index in [0.29, 0.717) is 23.7 Å². The number of para-hydroxylation sites is 2. The Bertz CT molecular complexity index is 1540. The maximum atomic E-state index is 13.2. The Morgan fingerprint density at radius 3 is 2.58 bits per heavy atom. The Balaban J connectivity index is 1.49. The van der Waals surface area contributed by atoms with Crippen molar-refractivity contribution in [1.82, 2.24) is 15.3 Å². The van der Waals surface area contributed by atoms with Crippen LogP contribution in [0.3, 0.4) is 0 Å². The van der Waals surface area contributed by atoms with Crippen LogP contribution in [-0.4, -0.2) is 43.7 Å². The Labute approximate surface area is 209 Å². The molecule has 0 bridgehead atoms. The Morgan fingerprint density at radius 2 is 1.78 bits per heavy atom. The van der Waals surface area contributed by atoms with E-state index in [1.165, 1.54) is 0 Å². The number of ether oxygens (including phenoxy) is 3. The zero-order valence-electron chi connectivity index (χ0n) is 20.4. The molecule has 0 aliphatic rings. The molecule has 1 amide bonds. The van der Waals surface area contributed by atoms with Gasteiger partial charge in [0, 0.05) is 40.5 Å². The van der Waals surface area contributed by atoms with Crippen molar-refractivity contribution < 1.29 is 19.0 Å². The van der Waals surface area contributed by atoms with Gasteiger partial charge in [-0.3, -0.25) is 4.79 Å². The Kier molecular flexibility index (Phi) is 6.45. The summed E-state index contributed by atoms with van der Waals surface area (Å²) in [4.78, 5) is 21.1. The molecule has 5 rings (SSSR count). The quantitative estimate of drug-likeness (QED) is 0.314. The minimum atomic E-state index is -0.251. The molecule has 36 heavy (non-hydrogen) atoms. The van der Waals surface area contributed by atoms with E-state index < -0.39 is 0 Å². The van der Waals surface area contributed by atoms with Crippen LogP contribution in [0.25, 0.3) is 21.8 Å². The van der Waals surface area contributed by atoms with Crippen molar-refractivity contribution in [2.75, 3.05) is 27.9 Å². The first-order valence-corrected chi connectivity index (χ1v) is 11.6. The molecule has 0 aliphatic carbocycles. The van der Waals surface area contributed by atoms with E-state index in [4.69, 9.17) is 14.2 Å². The molecule has 1 atom stereocenters. The topological polar surface area (TPSA) is 85.5 Å². The summed E-state index contributed by atoms with van der Waals surface area (Å²) in [6.45, 7) is 0.340. The van der Waals surface area contributed by atoms with E-state index in [-0.39, 0.29) is 11.8 Å². The third kappa shape index (κ3) is 4.31. The first-order chi connectivity index (χ1) is 17.6. The summed E-state index contributed by atoms with van der Waals surface area (Å²) in [6.07, 6.45) is 1.99. The fraction of sp³-hybridized carbons (Fsp3) is 0.172. The molecule has 2 N–H and O–H groups in total. The zero-order chi connectivity index (χ0) is 25.1. The number of H-pyrrole nitrogens is 1. The van der Waals surface area contributed by atoms with Crippen LogP contribution in [0.5, 0.6) is 17.2 Å². The van der Waals surface area contributed by atoms with E-state index in [1.54, 1.807) is 27.4 Å². The third-order valence-electron chi connectivity index (χ3n) is 6.40. The van der Waals surface area contributed by atoms with E-state index in [2.05, 4.69) is 21.4 Å². The summed E-state index contributed by atoms with van der Waals surface area (Å²) in [5.74, 6) is 1.58. The molecule has 0 spiro atoms. The molecule has 0 fully saturated rings. The minimum absolute atomic E-state index is 0.195. The molecule has 0 aliphatic heterocycles. The van der Waals surface area contributed by atoms with Crippen LogP contribution in [-0.2, 0) is 0 Å². The van der Waals surface area contributed by atoms with Crippen LogP contribution in [0.15, 0.2) is 79.0 Å². The highest BCUT2D eigenvalue weighted by atomic mass is 16.5. The Hall–Kier alpha value is -4.52. The molecule has 5 aromatic rings. The molecule has 182 valence electrons. The summed E-state index contributed by atoms with van der Waals surface area (Å²) >= 11 is 0. The summed E-state index contributed by atoms with van der Waals surface area (Å²) < 4.78 is 16.6. The van der Waals surface area contributed by atoms with Gasteiger partial charge in [-0.05, 0) is 42.0 Å². The maximum Gasteiger partial charge on any atom is 0.269 e. The number of nitrogens with one attached hydrogen (secondary N) is 2. The van der Waals surface area contributed by atoms with E-state index in [9.17, 15) is 4.79 Å². The normalized spacial score (nSPS) is 11.9. The lowest BCUT2D eigenvalue weighted by Crippen LogP contribution is -2.29. The fourth-order valence-electron chi connectivity index (χ4n) is 4.60. The number of methoxy groups -OCH3 is 3. The van der Waals surface area contributed by atoms with Crippen molar-refractivity contribution in [2.24, 2.45) is 0 Å². The number of hydrogen-bond acceptors (Lipinski definition) is 5.